The van der Waals surface area contributed by atoms with Gasteiger partial charge in [0.15, 0.2) is 0 Å². The van der Waals surface area contributed by atoms with Gasteiger partial charge in [0.2, 0.25) is 5.91 Å². The fourth-order valence-electron chi connectivity index (χ4n) is 3.37. The van der Waals surface area contributed by atoms with Gasteiger partial charge < -0.3 is 20.7 Å². The van der Waals surface area contributed by atoms with Gasteiger partial charge in [-0.25, -0.2) is 0 Å². The van der Waals surface area contributed by atoms with Crippen LogP contribution in [0.3, 0.4) is 0 Å². The van der Waals surface area contributed by atoms with Crippen LogP contribution in [0, 0.1) is 6.92 Å². The molecule has 0 saturated heterocycles. The first-order chi connectivity index (χ1) is 16.4. The Labute approximate surface area is 209 Å². The van der Waals surface area contributed by atoms with Gasteiger partial charge in [0.1, 0.15) is 11.8 Å². The van der Waals surface area contributed by atoms with Gasteiger partial charge in [0.05, 0.1) is 7.11 Å². The maximum absolute atomic E-state index is 13.0. The topological polar surface area (TPSA) is 79.5 Å². The first-order valence-corrected chi connectivity index (χ1v) is 11.6. The maximum Gasteiger partial charge on any atom is 0.251 e. The summed E-state index contributed by atoms with van der Waals surface area (Å²) >= 11 is 12.3. The van der Waals surface area contributed by atoms with Crippen molar-refractivity contribution in [2.75, 3.05) is 25.5 Å². The lowest BCUT2D eigenvalue weighted by molar-refractivity contribution is -0.122. The predicted molar refractivity (Wildman–Crippen MR) is 137 cm³/mol. The van der Waals surface area contributed by atoms with E-state index in [1.165, 1.54) is 0 Å². The largest absolute Gasteiger partial charge is 0.497 e. The Morgan fingerprint density at radius 2 is 1.74 bits per heavy atom. The van der Waals surface area contributed by atoms with Crippen molar-refractivity contribution in [3.05, 3.63) is 93.5 Å². The maximum atomic E-state index is 13.0. The normalized spacial score (nSPS) is 11.4. The summed E-state index contributed by atoms with van der Waals surface area (Å²) < 4.78 is 5.15. The predicted octanol–water partition coefficient (Wildman–Crippen LogP) is 4.88. The van der Waals surface area contributed by atoms with E-state index >= 15 is 0 Å². The Morgan fingerprint density at radius 3 is 2.41 bits per heavy atom. The molecule has 0 aliphatic rings. The monoisotopic (exact) mass is 499 g/mol. The Morgan fingerprint density at radius 1 is 0.971 bits per heavy atom. The minimum absolute atomic E-state index is 0.227. The van der Waals surface area contributed by atoms with Gasteiger partial charge in [0, 0.05) is 40.8 Å². The number of ether oxygens (including phenoxy) is 1. The molecule has 2 amide bonds. The van der Waals surface area contributed by atoms with E-state index in [0.717, 1.165) is 17.0 Å². The molecule has 6 nitrogen and oxygen atoms in total. The van der Waals surface area contributed by atoms with Crippen LogP contribution in [0.1, 0.15) is 21.5 Å². The zero-order chi connectivity index (χ0) is 24.5. The highest BCUT2D eigenvalue weighted by atomic mass is 35.5. The van der Waals surface area contributed by atoms with Crippen molar-refractivity contribution < 1.29 is 14.3 Å². The van der Waals surface area contributed by atoms with Crippen LogP contribution in [0.15, 0.2) is 66.7 Å². The Bertz CT molecular complexity index is 1140. The van der Waals surface area contributed by atoms with E-state index in [-0.39, 0.29) is 18.2 Å². The zero-order valence-electron chi connectivity index (χ0n) is 19.0. The number of benzene rings is 3. The van der Waals surface area contributed by atoms with Crippen molar-refractivity contribution in [3.63, 3.8) is 0 Å². The van der Waals surface area contributed by atoms with E-state index < -0.39 is 6.04 Å². The first-order valence-electron chi connectivity index (χ1n) is 10.8. The van der Waals surface area contributed by atoms with Crippen LogP contribution in [0.5, 0.6) is 5.75 Å². The van der Waals surface area contributed by atoms with Crippen LogP contribution in [-0.4, -0.2) is 38.1 Å². The van der Waals surface area contributed by atoms with E-state index in [2.05, 4.69) is 16.0 Å². The number of rotatable bonds is 10. The SMILES string of the molecule is COc1ccc(NCCNC(=O)C(Cc2ccc(Cl)cc2Cl)NC(=O)c2cccc(C)c2)cc1. The third-order valence-electron chi connectivity index (χ3n) is 5.18. The van der Waals surface area contributed by atoms with Crippen molar-refractivity contribution in [1.82, 2.24) is 10.6 Å². The number of carbonyl (C=O) groups is 2. The molecule has 0 spiro atoms. The van der Waals surface area contributed by atoms with Crippen LogP contribution >= 0.6 is 23.2 Å². The molecular formula is C26H27Cl2N3O3. The minimum Gasteiger partial charge on any atom is -0.497 e. The third kappa shape index (κ3) is 7.40. The molecule has 0 aliphatic heterocycles. The first kappa shape index (κ1) is 25.4. The molecule has 0 aromatic heterocycles. The number of methoxy groups -OCH3 is 1. The highest BCUT2D eigenvalue weighted by Gasteiger charge is 2.23. The fraction of sp³-hybridized carbons (Fsp3) is 0.231. The van der Waals surface area contributed by atoms with Crippen molar-refractivity contribution >= 4 is 40.7 Å². The molecule has 0 saturated carbocycles. The standard InChI is InChI=1S/C26H27Cl2N3O3/c1-17-4-3-5-19(14-17)25(32)31-24(15-18-6-7-20(27)16-23(18)28)26(33)30-13-12-29-21-8-10-22(34-2)11-9-21/h3-11,14,16,24,29H,12-13,15H2,1-2H3,(H,30,33)(H,31,32). The summed E-state index contributed by atoms with van der Waals surface area (Å²) in [5.41, 5.74) is 3.07. The van der Waals surface area contributed by atoms with E-state index in [9.17, 15) is 9.59 Å². The number of hydrogen-bond acceptors (Lipinski definition) is 4. The molecule has 34 heavy (non-hydrogen) atoms. The Hall–Kier alpha value is -3.22. The number of hydrogen-bond donors (Lipinski definition) is 3. The van der Waals surface area contributed by atoms with Crippen LogP contribution in [0.4, 0.5) is 5.69 Å². The molecule has 3 aromatic carbocycles. The molecule has 3 N–H and O–H groups in total. The van der Waals surface area contributed by atoms with Crippen molar-refractivity contribution in [2.24, 2.45) is 0 Å². The molecule has 3 aromatic rings. The molecule has 1 atom stereocenters. The van der Waals surface area contributed by atoms with Gasteiger partial charge in [-0.05, 0) is 61.0 Å². The van der Waals surface area contributed by atoms with E-state index in [4.69, 9.17) is 27.9 Å². The number of anilines is 1. The number of halogens is 2. The average Bonchev–Trinajstić information content (AvgIpc) is 2.83. The second-order valence-electron chi connectivity index (χ2n) is 7.78. The molecule has 178 valence electrons. The van der Waals surface area contributed by atoms with Crippen molar-refractivity contribution in [3.8, 4) is 5.75 Å². The highest BCUT2D eigenvalue weighted by molar-refractivity contribution is 6.35. The fourth-order valence-corrected chi connectivity index (χ4v) is 3.85. The molecule has 0 radical (unpaired) electrons. The lowest BCUT2D eigenvalue weighted by Gasteiger charge is -2.20. The molecule has 0 fully saturated rings. The molecule has 0 aliphatic carbocycles. The lowest BCUT2D eigenvalue weighted by atomic mass is 10.0. The second kappa shape index (κ2) is 12.3. The summed E-state index contributed by atoms with van der Waals surface area (Å²) in [6, 6.07) is 19.0. The van der Waals surface area contributed by atoms with Gasteiger partial charge in [-0.3, -0.25) is 9.59 Å². The van der Waals surface area contributed by atoms with Gasteiger partial charge in [-0.2, -0.15) is 0 Å². The lowest BCUT2D eigenvalue weighted by Crippen LogP contribution is -2.48. The van der Waals surface area contributed by atoms with E-state index in [1.54, 1.807) is 43.5 Å². The van der Waals surface area contributed by atoms with Gasteiger partial charge in [-0.1, -0.05) is 47.0 Å². The Kier molecular flexibility index (Phi) is 9.19. The van der Waals surface area contributed by atoms with Gasteiger partial charge >= 0.3 is 0 Å². The van der Waals surface area contributed by atoms with Crippen molar-refractivity contribution in [2.45, 2.75) is 19.4 Å². The molecule has 0 bridgehead atoms. The summed E-state index contributed by atoms with van der Waals surface area (Å²) in [5, 5.41) is 9.91. The summed E-state index contributed by atoms with van der Waals surface area (Å²) in [7, 11) is 1.61. The second-order valence-corrected chi connectivity index (χ2v) is 8.63. The molecule has 3 rings (SSSR count). The third-order valence-corrected chi connectivity index (χ3v) is 5.77. The number of aryl methyl sites for hydroxylation is 1. The van der Waals surface area contributed by atoms with E-state index in [0.29, 0.717) is 34.3 Å². The molecule has 1 unspecified atom stereocenters. The Balaban J connectivity index is 1.64. The van der Waals surface area contributed by atoms with Gasteiger partial charge in [0.25, 0.3) is 5.91 Å². The number of amides is 2. The highest BCUT2D eigenvalue weighted by Crippen LogP contribution is 2.22. The van der Waals surface area contributed by atoms with Crippen LogP contribution < -0.4 is 20.7 Å². The number of carbonyl (C=O) groups excluding carboxylic acids is 2. The molecule has 8 heteroatoms. The van der Waals surface area contributed by atoms with Crippen molar-refractivity contribution in [1.29, 1.82) is 0 Å². The van der Waals surface area contributed by atoms with E-state index in [1.807, 2.05) is 37.3 Å². The van der Waals surface area contributed by atoms with Crippen LogP contribution in [0.2, 0.25) is 10.0 Å². The number of nitrogens with one attached hydrogen (secondary N) is 3. The summed E-state index contributed by atoms with van der Waals surface area (Å²) in [6.07, 6.45) is 0.227. The zero-order valence-corrected chi connectivity index (χ0v) is 20.5. The van der Waals surface area contributed by atoms with Crippen LogP contribution in [0.25, 0.3) is 0 Å². The minimum atomic E-state index is -0.812. The van der Waals surface area contributed by atoms with Crippen LogP contribution in [-0.2, 0) is 11.2 Å². The summed E-state index contributed by atoms with van der Waals surface area (Å²) in [5.74, 6) is 0.140. The summed E-state index contributed by atoms with van der Waals surface area (Å²) in [4.78, 5) is 25.9. The smallest absolute Gasteiger partial charge is 0.251 e. The molecule has 0 heterocycles. The quantitative estimate of drug-likeness (QED) is 0.347. The molecular weight excluding hydrogens is 473 g/mol. The van der Waals surface area contributed by atoms with Gasteiger partial charge in [-0.15, -0.1) is 0 Å². The summed E-state index contributed by atoms with van der Waals surface area (Å²) in [6.45, 7) is 2.79. The average molecular weight is 500 g/mol.